The Morgan fingerprint density at radius 1 is 1.29 bits per heavy atom. The van der Waals surface area contributed by atoms with Gasteiger partial charge >= 0.3 is 0 Å². The van der Waals surface area contributed by atoms with E-state index >= 15 is 0 Å². The Hall–Kier alpha value is -2.64. The van der Waals surface area contributed by atoms with Gasteiger partial charge in [0.25, 0.3) is 0 Å². The van der Waals surface area contributed by atoms with Gasteiger partial charge in [-0.1, -0.05) is 29.8 Å². The van der Waals surface area contributed by atoms with Gasteiger partial charge in [0.15, 0.2) is 10.9 Å². The van der Waals surface area contributed by atoms with E-state index in [4.69, 9.17) is 16.0 Å². The second-order valence-corrected chi connectivity index (χ2v) is 7.94. The quantitative estimate of drug-likeness (QED) is 0.623. The van der Waals surface area contributed by atoms with Gasteiger partial charge in [0.2, 0.25) is 11.8 Å². The lowest BCUT2D eigenvalue weighted by atomic mass is 10.1. The van der Waals surface area contributed by atoms with Crippen LogP contribution in [0, 0.1) is 5.92 Å². The van der Waals surface area contributed by atoms with E-state index in [1.54, 1.807) is 12.1 Å². The minimum absolute atomic E-state index is 0.0448. The summed E-state index contributed by atoms with van der Waals surface area (Å²) in [5, 5.41) is 8.63. The van der Waals surface area contributed by atoms with Gasteiger partial charge in [0, 0.05) is 23.2 Å². The molecule has 0 spiro atoms. The first kappa shape index (κ1) is 18.7. The van der Waals surface area contributed by atoms with E-state index < -0.39 is 0 Å². The van der Waals surface area contributed by atoms with E-state index in [0.29, 0.717) is 33.9 Å². The molecule has 0 aliphatic heterocycles. The molecule has 6 nitrogen and oxygen atoms in total. The molecule has 0 saturated heterocycles. The first-order chi connectivity index (χ1) is 13.5. The molecule has 2 atom stereocenters. The number of aromatic nitrogens is 1. The molecular formula is C20H18ClN3O3S. The van der Waals surface area contributed by atoms with Gasteiger partial charge in [-0.3, -0.25) is 9.59 Å². The average molecular weight is 416 g/mol. The summed E-state index contributed by atoms with van der Waals surface area (Å²) in [5.74, 6) is 1.15. The van der Waals surface area contributed by atoms with E-state index in [1.165, 1.54) is 18.3 Å². The zero-order valence-electron chi connectivity index (χ0n) is 15.1. The molecule has 2 aromatic heterocycles. The van der Waals surface area contributed by atoms with Crippen LogP contribution >= 0.6 is 22.9 Å². The molecule has 1 aromatic carbocycles. The van der Waals surface area contributed by atoms with Crippen molar-refractivity contribution in [1.82, 2.24) is 10.3 Å². The van der Waals surface area contributed by atoms with Crippen LogP contribution < -0.4 is 10.6 Å². The molecule has 0 unspecified atom stereocenters. The van der Waals surface area contributed by atoms with Gasteiger partial charge in [-0.25, -0.2) is 4.98 Å². The van der Waals surface area contributed by atoms with Gasteiger partial charge in [0.05, 0.1) is 6.54 Å². The molecule has 1 aliphatic carbocycles. The van der Waals surface area contributed by atoms with Crippen LogP contribution in [0.4, 0.5) is 5.13 Å². The van der Waals surface area contributed by atoms with Crippen molar-refractivity contribution < 1.29 is 14.0 Å². The lowest BCUT2D eigenvalue weighted by Crippen LogP contribution is -2.18. The molecule has 8 heteroatoms. The fraction of sp³-hybridized carbons (Fsp3) is 0.250. The van der Waals surface area contributed by atoms with E-state index in [2.05, 4.69) is 15.6 Å². The number of carbonyl (C=O) groups excluding carboxylic acids is 2. The van der Waals surface area contributed by atoms with Crippen LogP contribution in [0.1, 0.15) is 30.6 Å². The normalized spacial score (nSPS) is 17.9. The standard InChI is InChI=1S/C20H18ClN3O3S/c1-11(25)22-9-12-6-7-18(27-12)17-10-28-20(23-17)24-19(26)15-8-14(15)13-4-2-3-5-16(13)21/h2-7,10,14-15H,8-9H2,1H3,(H,22,25)(H,23,24,26)/t14-,15+/m0/s1. The molecule has 2 N–H and O–H groups in total. The molecule has 2 amide bonds. The highest BCUT2D eigenvalue weighted by atomic mass is 35.5. The molecule has 1 saturated carbocycles. The molecule has 28 heavy (non-hydrogen) atoms. The third-order valence-corrected chi connectivity index (χ3v) is 5.69. The summed E-state index contributed by atoms with van der Waals surface area (Å²) in [6, 6.07) is 11.2. The number of nitrogens with zero attached hydrogens (tertiary/aromatic N) is 1. The van der Waals surface area contributed by atoms with E-state index in [-0.39, 0.29) is 23.7 Å². The molecule has 144 valence electrons. The van der Waals surface area contributed by atoms with Crippen LogP contribution in [0.3, 0.4) is 0 Å². The number of anilines is 1. The molecule has 0 bridgehead atoms. The van der Waals surface area contributed by atoms with Gasteiger partial charge in [0.1, 0.15) is 11.5 Å². The van der Waals surface area contributed by atoms with Crippen LogP contribution in [0.5, 0.6) is 0 Å². The summed E-state index contributed by atoms with van der Waals surface area (Å²) in [7, 11) is 0. The predicted molar refractivity (Wildman–Crippen MR) is 108 cm³/mol. The monoisotopic (exact) mass is 415 g/mol. The van der Waals surface area contributed by atoms with Crippen LogP contribution in [0.2, 0.25) is 5.02 Å². The average Bonchev–Trinajstić information content (AvgIpc) is 3.09. The van der Waals surface area contributed by atoms with Crippen molar-refractivity contribution in [3.05, 3.63) is 58.1 Å². The summed E-state index contributed by atoms with van der Waals surface area (Å²) in [6.45, 7) is 1.78. The fourth-order valence-electron chi connectivity index (χ4n) is 3.07. The van der Waals surface area contributed by atoms with Crippen molar-refractivity contribution in [2.45, 2.75) is 25.8 Å². The Morgan fingerprint density at radius 3 is 2.89 bits per heavy atom. The third kappa shape index (κ3) is 4.10. The summed E-state index contributed by atoms with van der Waals surface area (Å²) >= 11 is 7.57. The number of thiazole rings is 1. The van der Waals surface area contributed by atoms with Crippen molar-refractivity contribution >= 4 is 39.9 Å². The van der Waals surface area contributed by atoms with Crippen molar-refractivity contribution in [2.75, 3.05) is 5.32 Å². The van der Waals surface area contributed by atoms with Crippen molar-refractivity contribution in [3.8, 4) is 11.5 Å². The zero-order valence-corrected chi connectivity index (χ0v) is 16.6. The molecule has 0 radical (unpaired) electrons. The molecule has 2 heterocycles. The number of rotatable bonds is 6. The maximum absolute atomic E-state index is 12.5. The van der Waals surface area contributed by atoms with Crippen LogP contribution in [0.15, 0.2) is 46.2 Å². The van der Waals surface area contributed by atoms with Crippen LogP contribution in [-0.2, 0) is 16.1 Å². The highest BCUT2D eigenvalue weighted by molar-refractivity contribution is 7.14. The summed E-state index contributed by atoms with van der Waals surface area (Å²) in [6.07, 6.45) is 0.790. The second-order valence-electron chi connectivity index (χ2n) is 6.67. The van der Waals surface area contributed by atoms with Gasteiger partial charge in [-0.05, 0) is 36.1 Å². The fourth-order valence-corrected chi connectivity index (χ4v) is 4.05. The maximum atomic E-state index is 12.5. The number of benzene rings is 1. The number of hydrogen-bond donors (Lipinski definition) is 2. The summed E-state index contributed by atoms with van der Waals surface area (Å²) in [4.78, 5) is 27.9. The number of carbonyl (C=O) groups is 2. The topological polar surface area (TPSA) is 84.2 Å². The van der Waals surface area contributed by atoms with E-state index in [1.807, 2.05) is 29.6 Å². The Kier molecular flexibility index (Phi) is 5.19. The first-order valence-electron chi connectivity index (χ1n) is 8.85. The first-order valence-corrected chi connectivity index (χ1v) is 10.1. The smallest absolute Gasteiger partial charge is 0.229 e. The van der Waals surface area contributed by atoms with Crippen molar-refractivity contribution in [3.63, 3.8) is 0 Å². The highest BCUT2D eigenvalue weighted by Gasteiger charge is 2.45. The number of hydrogen-bond acceptors (Lipinski definition) is 5. The zero-order chi connectivity index (χ0) is 19.7. The largest absolute Gasteiger partial charge is 0.458 e. The number of furan rings is 1. The summed E-state index contributed by atoms with van der Waals surface area (Å²) in [5.41, 5.74) is 1.67. The Bertz CT molecular complexity index is 1030. The third-order valence-electron chi connectivity index (χ3n) is 4.59. The van der Waals surface area contributed by atoms with Crippen molar-refractivity contribution in [2.24, 2.45) is 5.92 Å². The molecule has 1 aliphatic rings. The lowest BCUT2D eigenvalue weighted by Gasteiger charge is -2.03. The van der Waals surface area contributed by atoms with Gasteiger partial charge < -0.3 is 15.1 Å². The molecular weight excluding hydrogens is 398 g/mol. The number of halogens is 1. The lowest BCUT2D eigenvalue weighted by molar-refractivity contribution is -0.119. The summed E-state index contributed by atoms with van der Waals surface area (Å²) < 4.78 is 5.69. The number of amides is 2. The van der Waals surface area contributed by atoms with Gasteiger partial charge in [-0.2, -0.15) is 0 Å². The van der Waals surface area contributed by atoms with E-state index in [0.717, 1.165) is 12.0 Å². The second kappa shape index (κ2) is 7.77. The highest BCUT2D eigenvalue weighted by Crippen LogP contribution is 2.50. The minimum Gasteiger partial charge on any atom is -0.458 e. The van der Waals surface area contributed by atoms with Crippen LogP contribution in [-0.4, -0.2) is 16.8 Å². The number of nitrogens with one attached hydrogen (secondary N) is 2. The van der Waals surface area contributed by atoms with Crippen molar-refractivity contribution in [1.29, 1.82) is 0 Å². The SMILES string of the molecule is CC(=O)NCc1ccc(-c2csc(NC(=O)[C@@H]3C[C@H]3c3ccccc3Cl)n2)o1. The Morgan fingerprint density at radius 2 is 2.11 bits per heavy atom. The van der Waals surface area contributed by atoms with Crippen LogP contribution in [0.25, 0.3) is 11.5 Å². The van der Waals surface area contributed by atoms with Gasteiger partial charge in [-0.15, -0.1) is 11.3 Å². The molecule has 1 fully saturated rings. The minimum atomic E-state index is -0.119. The predicted octanol–water partition coefficient (Wildman–Crippen LogP) is 4.43. The molecule has 3 aromatic rings. The van der Waals surface area contributed by atoms with E-state index in [9.17, 15) is 9.59 Å². The Labute approximate surface area is 170 Å². The maximum Gasteiger partial charge on any atom is 0.229 e. The Balaban J connectivity index is 1.37. The molecule has 4 rings (SSSR count).